The van der Waals surface area contributed by atoms with Gasteiger partial charge >= 0.3 is 0 Å². The minimum atomic E-state index is -0.174. The summed E-state index contributed by atoms with van der Waals surface area (Å²) in [6.07, 6.45) is 3.40. The summed E-state index contributed by atoms with van der Waals surface area (Å²) in [7, 11) is 0. The number of benzene rings is 2. The van der Waals surface area contributed by atoms with E-state index in [-0.39, 0.29) is 12.2 Å². The number of para-hydroxylation sites is 1. The van der Waals surface area contributed by atoms with Gasteiger partial charge in [-0.25, -0.2) is 0 Å². The lowest BCUT2D eigenvalue weighted by atomic mass is 10.0. The van der Waals surface area contributed by atoms with Gasteiger partial charge in [-0.15, -0.1) is 0 Å². The molecule has 4 nitrogen and oxygen atoms in total. The number of ether oxygens (including phenoxy) is 2. The van der Waals surface area contributed by atoms with Gasteiger partial charge < -0.3 is 14.8 Å². The minimum Gasteiger partial charge on any atom is -0.482 e. The molecule has 3 aromatic rings. The summed E-state index contributed by atoms with van der Waals surface area (Å²) in [5.41, 5.74) is 3.26. The number of hydrogen-bond donors (Lipinski definition) is 1. The van der Waals surface area contributed by atoms with Crippen LogP contribution in [0.1, 0.15) is 11.7 Å². The van der Waals surface area contributed by atoms with E-state index < -0.39 is 0 Å². The van der Waals surface area contributed by atoms with Gasteiger partial charge in [-0.1, -0.05) is 48.5 Å². The lowest BCUT2D eigenvalue weighted by Gasteiger charge is -2.32. The maximum Gasteiger partial charge on any atom is 0.151 e. The molecule has 0 saturated carbocycles. The molecule has 1 fully saturated rings. The molecule has 2 atom stereocenters. The lowest BCUT2D eigenvalue weighted by molar-refractivity contribution is -0.0430. The summed E-state index contributed by atoms with van der Waals surface area (Å²) in [5.74, 6) is 0.849. The molecule has 1 aliphatic rings. The van der Waals surface area contributed by atoms with Gasteiger partial charge in [0.2, 0.25) is 0 Å². The Balaban J connectivity index is 1.68. The first-order chi connectivity index (χ1) is 12.9. The van der Waals surface area contributed by atoms with Crippen LogP contribution in [-0.2, 0) is 4.74 Å². The van der Waals surface area contributed by atoms with Gasteiger partial charge in [-0.05, 0) is 29.3 Å². The Bertz CT molecular complexity index is 818. The first-order valence-electron chi connectivity index (χ1n) is 8.95. The molecule has 2 aromatic carbocycles. The Morgan fingerprint density at radius 2 is 1.73 bits per heavy atom. The predicted molar refractivity (Wildman–Crippen MR) is 102 cm³/mol. The Labute approximate surface area is 153 Å². The third-order valence-electron chi connectivity index (χ3n) is 4.55. The number of rotatable bonds is 5. The van der Waals surface area contributed by atoms with Crippen molar-refractivity contribution < 1.29 is 9.47 Å². The summed E-state index contributed by atoms with van der Waals surface area (Å²) in [4.78, 5) is 4.11. The summed E-state index contributed by atoms with van der Waals surface area (Å²) in [5, 5.41) is 3.40. The van der Waals surface area contributed by atoms with Crippen LogP contribution in [0.25, 0.3) is 11.1 Å². The SMILES string of the molecule is c1ccc(C(Oc2ccccc2-c2ccncc2)[C@@H]2CNCCO2)cc1. The second kappa shape index (κ2) is 8.13. The van der Waals surface area contributed by atoms with E-state index in [0.717, 1.165) is 35.5 Å². The van der Waals surface area contributed by atoms with Crippen molar-refractivity contribution >= 4 is 0 Å². The van der Waals surface area contributed by atoms with Crippen molar-refractivity contribution in [2.75, 3.05) is 19.7 Å². The van der Waals surface area contributed by atoms with Crippen molar-refractivity contribution in [2.45, 2.75) is 12.2 Å². The molecule has 0 amide bonds. The fourth-order valence-electron chi connectivity index (χ4n) is 3.26. The van der Waals surface area contributed by atoms with Gasteiger partial charge in [-0.2, -0.15) is 0 Å². The van der Waals surface area contributed by atoms with Gasteiger partial charge in [0.1, 0.15) is 11.9 Å². The van der Waals surface area contributed by atoms with Crippen molar-refractivity contribution in [1.29, 1.82) is 0 Å². The summed E-state index contributed by atoms with van der Waals surface area (Å²) < 4.78 is 12.6. The molecule has 0 aliphatic carbocycles. The highest BCUT2D eigenvalue weighted by Crippen LogP contribution is 2.34. The van der Waals surface area contributed by atoms with E-state index in [4.69, 9.17) is 9.47 Å². The zero-order valence-electron chi connectivity index (χ0n) is 14.5. The van der Waals surface area contributed by atoms with Crippen LogP contribution >= 0.6 is 0 Å². The molecule has 1 unspecified atom stereocenters. The Hall–Kier alpha value is -2.69. The average molecular weight is 346 g/mol. The van der Waals surface area contributed by atoms with Gasteiger partial charge in [0.05, 0.1) is 6.61 Å². The Morgan fingerprint density at radius 1 is 0.962 bits per heavy atom. The van der Waals surface area contributed by atoms with Crippen molar-refractivity contribution in [3.05, 3.63) is 84.7 Å². The third kappa shape index (κ3) is 3.77. The maximum absolute atomic E-state index is 6.54. The normalized spacial score (nSPS) is 18.2. The third-order valence-corrected chi connectivity index (χ3v) is 4.55. The lowest BCUT2D eigenvalue weighted by Crippen LogP contribution is -2.43. The van der Waals surface area contributed by atoms with Crippen molar-refractivity contribution in [1.82, 2.24) is 10.3 Å². The van der Waals surface area contributed by atoms with Crippen LogP contribution in [0.3, 0.4) is 0 Å². The molecule has 0 spiro atoms. The van der Waals surface area contributed by atoms with E-state index in [9.17, 15) is 0 Å². The number of morpholine rings is 1. The first-order valence-corrected chi connectivity index (χ1v) is 8.95. The second-order valence-electron chi connectivity index (χ2n) is 6.29. The smallest absolute Gasteiger partial charge is 0.151 e. The molecule has 1 aliphatic heterocycles. The molecule has 0 radical (unpaired) electrons. The van der Waals surface area contributed by atoms with Crippen molar-refractivity contribution in [2.24, 2.45) is 0 Å². The molecule has 4 heteroatoms. The zero-order chi connectivity index (χ0) is 17.6. The van der Waals surface area contributed by atoms with Gasteiger partial charge in [-0.3, -0.25) is 4.98 Å². The molecule has 1 aromatic heterocycles. The van der Waals surface area contributed by atoms with E-state index in [1.54, 1.807) is 12.4 Å². The molecule has 2 heterocycles. The number of pyridine rings is 1. The predicted octanol–water partition coefficient (Wildman–Crippen LogP) is 3.86. The molecule has 4 rings (SSSR count). The number of hydrogen-bond acceptors (Lipinski definition) is 4. The van der Waals surface area contributed by atoms with E-state index in [1.807, 2.05) is 48.5 Å². The topological polar surface area (TPSA) is 43.4 Å². The highest BCUT2D eigenvalue weighted by Gasteiger charge is 2.28. The number of nitrogens with zero attached hydrogens (tertiary/aromatic N) is 1. The first kappa shape index (κ1) is 16.8. The molecule has 1 saturated heterocycles. The van der Waals surface area contributed by atoms with Crippen LogP contribution < -0.4 is 10.1 Å². The summed E-state index contributed by atoms with van der Waals surface area (Å²) >= 11 is 0. The fraction of sp³-hybridized carbons (Fsp3) is 0.227. The Kier molecular flexibility index (Phi) is 5.24. The standard InChI is InChI=1S/C22H22N2O2/c1-2-6-18(7-3-1)22(21-16-24-14-15-25-21)26-20-9-5-4-8-19(20)17-10-12-23-13-11-17/h1-13,21-22,24H,14-16H2/t21-,22?/m0/s1. The fourth-order valence-corrected chi connectivity index (χ4v) is 3.26. The molecule has 132 valence electrons. The van der Waals surface area contributed by atoms with Crippen LogP contribution in [0.15, 0.2) is 79.1 Å². The molecule has 26 heavy (non-hydrogen) atoms. The second-order valence-corrected chi connectivity index (χ2v) is 6.29. The molecule has 0 bridgehead atoms. The monoisotopic (exact) mass is 346 g/mol. The minimum absolute atomic E-state index is 0.0309. The van der Waals surface area contributed by atoms with E-state index in [1.165, 1.54) is 0 Å². The largest absolute Gasteiger partial charge is 0.482 e. The summed E-state index contributed by atoms with van der Waals surface area (Å²) in [6, 6.07) is 22.4. The quantitative estimate of drug-likeness (QED) is 0.762. The number of aromatic nitrogens is 1. The zero-order valence-corrected chi connectivity index (χ0v) is 14.5. The van der Waals surface area contributed by atoms with Crippen molar-refractivity contribution in [3.8, 4) is 16.9 Å². The highest BCUT2D eigenvalue weighted by atomic mass is 16.5. The van der Waals surface area contributed by atoms with Gasteiger partial charge in [0.25, 0.3) is 0 Å². The van der Waals surface area contributed by atoms with Crippen molar-refractivity contribution in [3.63, 3.8) is 0 Å². The van der Waals surface area contributed by atoms with E-state index in [2.05, 4.69) is 28.5 Å². The van der Waals surface area contributed by atoms with E-state index in [0.29, 0.717) is 6.61 Å². The summed E-state index contributed by atoms with van der Waals surface area (Å²) in [6.45, 7) is 2.35. The number of nitrogens with one attached hydrogen (secondary N) is 1. The van der Waals surface area contributed by atoms with E-state index >= 15 is 0 Å². The van der Waals surface area contributed by atoms with Crippen LogP contribution in [0, 0.1) is 0 Å². The van der Waals surface area contributed by atoms with Crippen LogP contribution in [0.4, 0.5) is 0 Å². The average Bonchev–Trinajstić information content (AvgIpc) is 2.74. The van der Waals surface area contributed by atoms with Gasteiger partial charge in [0, 0.05) is 31.0 Å². The Morgan fingerprint density at radius 3 is 2.50 bits per heavy atom. The molecular weight excluding hydrogens is 324 g/mol. The van der Waals surface area contributed by atoms with Gasteiger partial charge in [0.15, 0.2) is 6.10 Å². The van der Waals surface area contributed by atoms with Crippen LogP contribution in [0.2, 0.25) is 0 Å². The highest BCUT2D eigenvalue weighted by molar-refractivity contribution is 5.69. The molecular formula is C22H22N2O2. The van der Waals surface area contributed by atoms with Crippen LogP contribution in [0.5, 0.6) is 5.75 Å². The maximum atomic E-state index is 6.54. The molecule has 1 N–H and O–H groups in total. The van der Waals surface area contributed by atoms with Crippen LogP contribution in [-0.4, -0.2) is 30.8 Å².